The number of hydrogen-bond donors (Lipinski definition) is 1. The summed E-state index contributed by atoms with van der Waals surface area (Å²) < 4.78 is 0. The summed E-state index contributed by atoms with van der Waals surface area (Å²) in [6.07, 6.45) is 8.89. The molecule has 22 heavy (non-hydrogen) atoms. The second-order valence-corrected chi connectivity index (χ2v) is 7.02. The number of rotatable bonds is 4. The fraction of sp³-hybridized carbons (Fsp3) is 0.722. The monoisotopic (exact) mass is 302 g/mol. The molecule has 122 valence electrons. The summed E-state index contributed by atoms with van der Waals surface area (Å²) >= 11 is 0. The Labute approximate surface area is 134 Å². The number of anilines is 2. The Balaban J connectivity index is 1.61. The highest BCUT2D eigenvalue weighted by molar-refractivity contribution is 5.54. The fourth-order valence-electron chi connectivity index (χ4n) is 3.74. The molecule has 0 radical (unpaired) electrons. The van der Waals surface area contributed by atoms with Crippen LogP contribution in [0.3, 0.4) is 0 Å². The molecule has 0 spiro atoms. The van der Waals surface area contributed by atoms with Crippen molar-refractivity contribution in [3.63, 3.8) is 0 Å². The van der Waals surface area contributed by atoms with Crippen LogP contribution in [0.1, 0.15) is 39.0 Å². The lowest BCUT2D eigenvalue weighted by Crippen LogP contribution is -2.44. The van der Waals surface area contributed by atoms with E-state index in [0.717, 1.165) is 37.9 Å². The van der Waals surface area contributed by atoms with Crippen molar-refractivity contribution in [2.24, 2.45) is 5.92 Å². The average Bonchev–Trinajstić information content (AvgIpc) is 2.56. The number of piperazine rings is 1. The van der Waals surface area contributed by atoms with Gasteiger partial charge in [-0.15, -0.1) is 0 Å². The molecular weight excluding hydrogens is 272 g/mol. The lowest BCUT2D eigenvalue weighted by Gasteiger charge is -2.34. The van der Waals surface area contributed by atoms with Gasteiger partial charge in [-0.1, -0.05) is 19.3 Å². The molecule has 0 aromatic carbocycles. The first-order valence-corrected chi connectivity index (χ1v) is 8.88. The summed E-state index contributed by atoms with van der Waals surface area (Å²) in [5.41, 5.74) is 1.31. The largest absolute Gasteiger partial charge is 0.369 e. The quantitative estimate of drug-likeness (QED) is 0.925. The first kappa shape index (κ1) is 15.6. The summed E-state index contributed by atoms with van der Waals surface area (Å²) in [5.74, 6) is 1.84. The molecule has 3 rings (SSSR count). The summed E-state index contributed by atoms with van der Waals surface area (Å²) in [4.78, 5) is 9.40. The van der Waals surface area contributed by atoms with E-state index in [1.807, 2.05) is 6.20 Å². The topological polar surface area (TPSA) is 31.4 Å². The second-order valence-electron chi connectivity index (χ2n) is 7.02. The maximum atomic E-state index is 4.54. The van der Waals surface area contributed by atoms with Gasteiger partial charge in [0.05, 0.1) is 0 Å². The normalized spacial score (nSPS) is 22.5. The van der Waals surface area contributed by atoms with Crippen molar-refractivity contribution in [2.75, 3.05) is 43.4 Å². The van der Waals surface area contributed by atoms with Crippen molar-refractivity contribution in [3.05, 3.63) is 18.3 Å². The molecule has 4 nitrogen and oxygen atoms in total. The minimum atomic E-state index is 0.524. The molecule has 1 aromatic heterocycles. The molecule has 0 bridgehead atoms. The first-order chi connectivity index (χ1) is 10.7. The second kappa shape index (κ2) is 7.32. The Kier molecular flexibility index (Phi) is 5.19. The van der Waals surface area contributed by atoms with Crippen molar-refractivity contribution in [1.82, 2.24) is 9.88 Å². The van der Waals surface area contributed by atoms with Crippen molar-refractivity contribution in [1.29, 1.82) is 0 Å². The zero-order chi connectivity index (χ0) is 15.4. The van der Waals surface area contributed by atoms with Gasteiger partial charge in [-0.3, -0.25) is 0 Å². The highest BCUT2D eigenvalue weighted by atomic mass is 15.2. The van der Waals surface area contributed by atoms with Crippen LogP contribution in [0.5, 0.6) is 0 Å². The lowest BCUT2D eigenvalue weighted by molar-refractivity contribution is 0.313. The van der Waals surface area contributed by atoms with Gasteiger partial charge in [0.15, 0.2) is 0 Å². The molecule has 0 unspecified atom stereocenters. The molecule has 0 amide bonds. The third kappa shape index (κ3) is 3.92. The number of nitrogens with zero attached hydrogens (tertiary/aromatic N) is 3. The van der Waals surface area contributed by atoms with Gasteiger partial charge in [-0.2, -0.15) is 0 Å². The van der Waals surface area contributed by atoms with E-state index < -0.39 is 0 Å². The van der Waals surface area contributed by atoms with Gasteiger partial charge in [-0.05, 0) is 38.8 Å². The molecule has 1 saturated heterocycles. The molecule has 1 atom stereocenters. The van der Waals surface area contributed by atoms with Crippen LogP contribution >= 0.6 is 0 Å². The number of nitrogens with one attached hydrogen (secondary N) is 1. The van der Waals surface area contributed by atoms with Gasteiger partial charge in [0.1, 0.15) is 5.82 Å². The molecule has 4 heteroatoms. The minimum Gasteiger partial charge on any atom is -0.369 e. The summed E-state index contributed by atoms with van der Waals surface area (Å²) in [7, 11) is 2.20. The number of aromatic nitrogens is 1. The van der Waals surface area contributed by atoms with Crippen LogP contribution in [0.25, 0.3) is 0 Å². The molecule has 1 aliphatic carbocycles. The predicted molar refractivity (Wildman–Crippen MR) is 93.6 cm³/mol. The van der Waals surface area contributed by atoms with Crippen LogP contribution in [-0.4, -0.2) is 49.2 Å². The van der Waals surface area contributed by atoms with E-state index in [1.54, 1.807) is 0 Å². The molecule has 2 fully saturated rings. The third-order valence-electron chi connectivity index (χ3n) is 5.34. The summed E-state index contributed by atoms with van der Waals surface area (Å²) in [5, 5.41) is 3.65. The van der Waals surface area contributed by atoms with Gasteiger partial charge in [0.25, 0.3) is 0 Å². The highest BCUT2D eigenvalue weighted by Gasteiger charge is 2.20. The third-order valence-corrected chi connectivity index (χ3v) is 5.34. The van der Waals surface area contributed by atoms with Crippen molar-refractivity contribution in [2.45, 2.75) is 45.1 Å². The Bertz CT molecular complexity index is 462. The van der Waals surface area contributed by atoms with Crippen LogP contribution in [0.2, 0.25) is 0 Å². The van der Waals surface area contributed by atoms with E-state index in [4.69, 9.17) is 0 Å². The minimum absolute atomic E-state index is 0.524. The average molecular weight is 302 g/mol. The number of hydrogen-bond acceptors (Lipinski definition) is 4. The summed E-state index contributed by atoms with van der Waals surface area (Å²) in [6.45, 7) is 6.82. The Morgan fingerprint density at radius 2 is 1.86 bits per heavy atom. The van der Waals surface area contributed by atoms with E-state index in [2.05, 4.69) is 46.2 Å². The van der Waals surface area contributed by atoms with Crippen molar-refractivity contribution >= 4 is 11.5 Å². The van der Waals surface area contributed by atoms with E-state index in [0.29, 0.717) is 6.04 Å². The van der Waals surface area contributed by atoms with Crippen LogP contribution in [0.4, 0.5) is 11.5 Å². The zero-order valence-corrected chi connectivity index (χ0v) is 14.1. The van der Waals surface area contributed by atoms with E-state index in [-0.39, 0.29) is 0 Å². The SMILES string of the molecule is C[C@@H](Nc1cc(N2CCN(C)CC2)ccn1)C1CCCCC1. The van der Waals surface area contributed by atoms with Gasteiger partial charge < -0.3 is 15.1 Å². The summed E-state index contributed by atoms with van der Waals surface area (Å²) in [6, 6.07) is 4.89. The van der Waals surface area contributed by atoms with Gasteiger partial charge in [0.2, 0.25) is 0 Å². The fourth-order valence-corrected chi connectivity index (χ4v) is 3.74. The van der Waals surface area contributed by atoms with E-state index in [9.17, 15) is 0 Å². The zero-order valence-electron chi connectivity index (χ0n) is 14.1. The number of likely N-dealkylation sites (N-methyl/N-ethyl adjacent to an activating group) is 1. The molecule has 1 N–H and O–H groups in total. The van der Waals surface area contributed by atoms with Gasteiger partial charge in [0, 0.05) is 50.2 Å². The van der Waals surface area contributed by atoms with E-state index in [1.165, 1.54) is 37.8 Å². The van der Waals surface area contributed by atoms with E-state index >= 15 is 0 Å². The maximum Gasteiger partial charge on any atom is 0.128 e. The Morgan fingerprint density at radius 3 is 2.59 bits per heavy atom. The standard InChI is InChI=1S/C18H30N4/c1-15(16-6-4-3-5-7-16)20-18-14-17(8-9-19-18)22-12-10-21(2)11-13-22/h8-9,14-16H,3-7,10-13H2,1-2H3,(H,19,20)/t15-/m1/s1. The smallest absolute Gasteiger partial charge is 0.128 e. The lowest BCUT2D eigenvalue weighted by atomic mass is 9.84. The van der Waals surface area contributed by atoms with Gasteiger partial charge in [-0.25, -0.2) is 4.98 Å². The van der Waals surface area contributed by atoms with Crippen LogP contribution in [0.15, 0.2) is 18.3 Å². The molecule has 1 aromatic rings. The maximum absolute atomic E-state index is 4.54. The van der Waals surface area contributed by atoms with Gasteiger partial charge >= 0.3 is 0 Å². The highest BCUT2D eigenvalue weighted by Crippen LogP contribution is 2.28. The number of pyridine rings is 1. The van der Waals surface area contributed by atoms with Crippen molar-refractivity contribution < 1.29 is 0 Å². The molecule has 2 heterocycles. The molecular formula is C18H30N4. The Hall–Kier alpha value is -1.29. The Morgan fingerprint density at radius 1 is 1.14 bits per heavy atom. The predicted octanol–water partition coefficient (Wildman–Crippen LogP) is 3.21. The van der Waals surface area contributed by atoms with Crippen LogP contribution in [-0.2, 0) is 0 Å². The van der Waals surface area contributed by atoms with Crippen LogP contribution in [0, 0.1) is 5.92 Å². The molecule has 2 aliphatic rings. The van der Waals surface area contributed by atoms with Crippen molar-refractivity contribution in [3.8, 4) is 0 Å². The first-order valence-electron chi connectivity index (χ1n) is 8.88. The van der Waals surface area contributed by atoms with Crippen LogP contribution < -0.4 is 10.2 Å². The molecule has 1 saturated carbocycles. The molecule has 1 aliphatic heterocycles.